The maximum Gasteiger partial charge on any atom is 0.433 e. The summed E-state index contributed by atoms with van der Waals surface area (Å²) in [5.41, 5.74) is 4.34. The lowest BCUT2D eigenvalue weighted by Crippen LogP contribution is -2.25. The predicted molar refractivity (Wildman–Crippen MR) is 103 cm³/mol. The number of carbonyl (C=O) groups is 1. The van der Waals surface area contributed by atoms with Gasteiger partial charge in [-0.05, 0) is 23.6 Å². The Kier molecular flexibility index (Phi) is 4.49. The van der Waals surface area contributed by atoms with Crippen LogP contribution in [0.25, 0.3) is 0 Å². The number of nitrogens with zero attached hydrogens (tertiary/aromatic N) is 2. The van der Waals surface area contributed by atoms with Crippen LogP contribution >= 0.6 is 0 Å². The molecular formula is C21H17N3O4. The molecule has 0 radical (unpaired) electrons. The topological polar surface area (TPSA) is 97.7 Å². The summed E-state index contributed by atoms with van der Waals surface area (Å²) in [6.07, 6.45) is 1.94. The lowest BCUT2D eigenvalue weighted by Gasteiger charge is -2.18. The highest BCUT2D eigenvalue weighted by Gasteiger charge is 2.60. The van der Waals surface area contributed by atoms with Crippen LogP contribution in [0.15, 0.2) is 82.3 Å². The van der Waals surface area contributed by atoms with Gasteiger partial charge < -0.3 is 4.42 Å². The number of benzene rings is 2. The highest BCUT2D eigenvalue weighted by molar-refractivity contribution is 5.87. The van der Waals surface area contributed by atoms with Gasteiger partial charge in [0.05, 0.1) is 18.2 Å². The van der Waals surface area contributed by atoms with Crippen molar-refractivity contribution in [2.24, 2.45) is 11.0 Å². The number of carbonyl (C=O) groups excluding carboxylic acids is 1. The van der Waals surface area contributed by atoms with Gasteiger partial charge in [0.25, 0.3) is 0 Å². The highest BCUT2D eigenvalue weighted by Crippen LogP contribution is 2.58. The molecule has 140 valence electrons. The van der Waals surface area contributed by atoms with Gasteiger partial charge >= 0.3 is 5.88 Å². The number of amides is 1. The van der Waals surface area contributed by atoms with E-state index in [1.807, 2.05) is 60.7 Å². The first-order valence-electron chi connectivity index (χ1n) is 8.79. The summed E-state index contributed by atoms with van der Waals surface area (Å²) >= 11 is 0. The molecule has 0 spiro atoms. The molecule has 3 aromatic rings. The van der Waals surface area contributed by atoms with Crippen LogP contribution in [0.2, 0.25) is 0 Å². The molecule has 1 atom stereocenters. The smallest absolute Gasteiger partial charge is 0.400 e. The van der Waals surface area contributed by atoms with E-state index in [0.717, 1.165) is 11.1 Å². The van der Waals surface area contributed by atoms with E-state index in [0.29, 0.717) is 6.42 Å². The molecule has 1 fully saturated rings. The molecule has 1 saturated carbocycles. The fourth-order valence-electron chi connectivity index (χ4n) is 3.60. The Bertz CT molecular complexity index is 989. The van der Waals surface area contributed by atoms with E-state index in [1.54, 1.807) is 0 Å². The van der Waals surface area contributed by atoms with Crippen molar-refractivity contribution in [3.63, 3.8) is 0 Å². The largest absolute Gasteiger partial charge is 0.433 e. The van der Waals surface area contributed by atoms with Crippen molar-refractivity contribution in [1.29, 1.82) is 0 Å². The van der Waals surface area contributed by atoms with Crippen LogP contribution in [0.4, 0.5) is 5.88 Å². The van der Waals surface area contributed by atoms with Gasteiger partial charge in [-0.2, -0.15) is 5.10 Å². The summed E-state index contributed by atoms with van der Waals surface area (Å²) in [5.74, 6) is -0.632. The van der Waals surface area contributed by atoms with Crippen LogP contribution in [0.1, 0.15) is 23.3 Å². The van der Waals surface area contributed by atoms with Gasteiger partial charge in [-0.15, -0.1) is 0 Å². The minimum Gasteiger partial charge on any atom is -0.400 e. The Labute approximate surface area is 160 Å². The van der Waals surface area contributed by atoms with E-state index >= 15 is 0 Å². The summed E-state index contributed by atoms with van der Waals surface area (Å²) in [6, 6.07) is 22.6. The summed E-state index contributed by atoms with van der Waals surface area (Å²) < 4.78 is 4.98. The zero-order valence-electron chi connectivity index (χ0n) is 14.8. The van der Waals surface area contributed by atoms with Gasteiger partial charge in [-0.3, -0.25) is 14.9 Å². The summed E-state index contributed by atoms with van der Waals surface area (Å²) in [5, 5.41) is 14.5. The second-order valence-corrected chi connectivity index (χ2v) is 6.63. The lowest BCUT2D eigenvalue weighted by molar-refractivity contribution is -0.402. The van der Waals surface area contributed by atoms with Gasteiger partial charge in [0.2, 0.25) is 5.91 Å². The van der Waals surface area contributed by atoms with Crippen LogP contribution < -0.4 is 5.43 Å². The van der Waals surface area contributed by atoms with Crippen molar-refractivity contribution in [2.75, 3.05) is 0 Å². The molecule has 0 aliphatic heterocycles. The zero-order valence-corrected chi connectivity index (χ0v) is 14.8. The fraction of sp³-hybridized carbons (Fsp3) is 0.143. The Morgan fingerprint density at radius 2 is 1.68 bits per heavy atom. The Morgan fingerprint density at radius 3 is 2.21 bits per heavy atom. The molecule has 1 unspecified atom stereocenters. The number of nitrogens with one attached hydrogen (secondary N) is 1. The van der Waals surface area contributed by atoms with Gasteiger partial charge in [-0.1, -0.05) is 60.7 Å². The predicted octanol–water partition coefficient (Wildman–Crippen LogP) is 3.64. The monoisotopic (exact) mass is 375 g/mol. The minimum atomic E-state index is -0.631. The van der Waals surface area contributed by atoms with E-state index in [-0.39, 0.29) is 28.9 Å². The van der Waals surface area contributed by atoms with E-state index in [1.165, 1.54) is 18.3 Å². The third kappa shape index (κ3) is 3.18. The van der Waals surface area contributed by atoms with E-state index in [4.69, 9.17) is 4.42 Å². The molecule has 1 amide bonds. The van der Waals surface area contributed by atoms with Gasteiger partial charge in [0, 0.05) is 5.41 Å². The SMILES string of the molecule is O=C(NN=Cc1ccc([N+](=O)[O-])o1)C1CC1(c1ccccc1)c1ccccc1. The first-order valence-corrected chi connectivity index (χ1v) is 8.79. The second kappa shape index (κ2) is 7.11. The molecule has 0 saturated heterocycles. The van der Waals surface area contributed by atoms with Crippen LogP contribution in [-0.4, -0.2) is 17.0 Å². The molecule has 4 rings (SSSR count). The van der Waals surface area contributed by atoms with Crippen molar-refractivity contribution in [2.45, 2.75) is 11.8 Å². The highest BCUT2D eigenvalue weighted by atomic mass is 16.6. The van der Waals surface area contributed by atoms with E-state index in [9.17, 15) is 14.9 Å². The van der Waals surface area contributed by atoms with Crippen molar-refractivity contribution in [3.8, 4) is 0 Å². The molecule has 1 aromatic heterocycles. The van der Waals surface area contributed by atoms with Crippen molar-refractivity contribution in [1.82, 2.24) is 5.43 Å². The molecule has 1 heterocycles. The number of nitro groups is 1. The number of hydrazone groups is 1. The third-order valence-corrected chi connectivity index (χ3v) is 5.01. The van der Waals surface area contributed by atoms with E-state index < -0.39 is 4.92 Å². The summed E-state index contributed by atoms with van der Waals surface area (Å²) in [4.78, 5) is 22.7. The molecule has 1 aliphatic carbocycles. The Balaban J connectivity index is 1.51. The molecule has 1 aliphatic rings. The van der Waals surface area contributed by atoms with Crippen LogP contribution in [0.5, 0.6) is 0 Å². The Morgan fingerprint density at radius 1 is 1.07 bits per heavy atom. The Hall–Kier alpha value is -3.74. The maximum atomic E-state index is 12.7. The van der Waals surface area contributed by atoms with Crippen LogP contribution in [-0.2, 0) is 10.2 Å². The first-order chi connectivity index (χ1) is 13.6. The van der Waals surface area contributed by atoms with Crippen LogP contribution in [0, 0.1) is 16.0 Å². The van der Waals surface area contributed by atoms with Gasteiger partial charge in [-0.25, -0.2) is 5.43 Å². The van der Waals surface area contributed by atoms with Crippen molar-refractivity contribution >= 4 is 18.0 Å². The van der Waals surface area contributed by atoms with Crippen molar-refractivity contribution < 1.29 is 14.1 Å². The molecule has 7 heteroatoms. The number of hydrogen-bond acceptors (Lipinski definition) is 5. The molecule has 28 heavy (non-hydrogen) atoms. The standard InChI is InChI=1S/C21H17N3O4/c25-20(23-22-14-17-11-12-19(28-17)24(26)27)18-13-21(18,15-7-3-1-4-8-15)16-9-5-2-6-10-16/h1-12,14,18H,13H2,(H,23,25). The third-order valence-electron chi connectivity index (χ3n) is 5.01. The molecule has 0 bridgehead atoms. The van der Waals surface area contributed by atoms with E-state index in [2.05, 4.69) is 10.5 Å². The molecular weight excluding hydrogens is 358 g/mol. The quantitative estimate of drug-likeness (QED) is 0.404. The first kappa shape index (κ1) is 17.7. The maximum absolute atomic E-state index is 12.7. The fourth-order valence-corrected chi connectivity index (χ4v) is 3.60. The summed E-state index contributed by atoms with van der Waals surface area (Å²) in [6.45, 7) is 0. The number of hydrogen-bond donors (Lipinski definition) is 1. The number of rotatable bonds is 6. The summed E-state index contributed by atoms with van der Waals surface area (Å²) in [7, 11) is 0. The van der Waals surface area contributed by atoms with Gasteiger partial charge in [0.1, 0.15) is 4.92 Å². The second-order valence-electron chi connectivity index (χ2n) is 6.63. The van der Waals surface area contributed by atoms with Crippen molar-refractivity contribution in [3.05, 3.63) is 99.8 Å². The lowest BCUT2D eigenvalue weighted by atomic mass is 9.85. The number of furan rings is 1. The average molecular weight is 375 g/mol. The van der Waals surface area contributed by atoms with Gasteiger partial charge in [0.15, 0.2) is 5.76 Å². The average Bonchev–Trinajstić information content (AvgIpc) is 3.32. The minimum absolute atomic E-state index is 0.195. The molecule has 2 aromatic carbocycles. The normalized spacial score (nSPS) is 17.4. The molecule has 7 nitrogen and oxygen atoms in total. The van der Waals surface area contributed by atoms with Crippen LogP contribution in [0.3, 0.4) is 0 Å². The molecule has 1 N–H and O–H groups in total. The zero-order chi connectivity index (χ0) is 19.6.